The number of anilines is 1. The number of carbonyl (C=O) groups is 1. The molecule has 3 heteroatoms. The number of nitrogens with one attached hydrogen (secondary N) is 1. The van der Waals surface area contributed by atoms with E-state index in [9.17, 15) is 4.79 Å². The third-order valence-electron chi connectivity index (χ3n) is 1.09. The van der Waals surface area contributed by atoms with Crippen LogP contribution in [0.5, 0.6) is 0 Å². The smallest absolute Gasteiger partial charge is 0.221 e. The topological polar surface area (TPSA) is 29.1 Å². The molecule has 1 aromatic carbocycles. The van der Waals surface area contributed by atoms with Crippen molar-refractivity contribution in [1.82, 2.24) is 0 Å². The van der Waals surface area contributed by atoms with Crippen molar-refractivity contribution in [2.75, 3.05) is 5.32 Å². The number of hydrogen-bond acceptors (Lipinski definition) is 1. The van der Waals surface area contributed by atoms with Crippen LogP contribution in [0, 0.1) is 0 Å². The minimum Gasteiger partial charge on any atom is -0.326 e. The van der Waals surface area contributed by atoms with Crippen molar-refractivity contribution in [3.8, 4) is 0 Å². The summed E-state index contributed by atoms with van der Waals surface area (Å²) < 4.78 is 0. The molecule has 1 rings (SSSR count). The Hall–Kier alpha value is 0.326. The first kappa shape index (κ1) is 11.3. The molecule has 0 heterocycles. The SMILES string of the molecule is CC(=O)Nc1ccccc1.[K]. The normalized spacial score (nSPS) is 8.09. The molecule has 0 atom stereocenters. The van der Waals surface area contributed by atoms with Gasteiger partial charge in [0.15, 0.2) is 0 Å². The van der Waals surface area contributed by atoms with Crippen molar-refractivity contribution in [3.05, 3.63) is 30.3 Å². The Morgan fingerprint density at radius 2 is 1.82 bits per heavy atom. The third kappa shape index (κ3) is 4.71. The van der Waals surface area contributed by atoms with Gasteiger partial charge in [-0.2, -0.15) is 0 Å². The van der Waals surface area contributed by atoms with E-state index in [1.807, 2.05) is 30.3 Å². The maximum Gasteiger partial charge on any atom is 0.221 e. The van der Waals surface area contributed by atoms with Crippen molar-refractivity contribution in [1.29, 1.82) is 0 Å². The summed E-state index contributed by atoms with van der Waals surface area (Å²) in [6.45, 7) is 1.49. The van der Waals surface area contributed by atoms with Gasteiger partial charge in [-0.25, -0.2) is 0 Å². The Bertz CT molecular complexity index is 223. The molecule has 1 radical (unpaired) electrons. The van der Waals surface area contributed by atoms with E-state index in [2.05, 4.69) is 5.32 Å². The van der Waals surface area contributed by atoms with Crippen LogP contribution in [0.4, 0.5) is 5.69 Å². The second-order valence-corrected chi connectivity index (χ2v) is 2.05. The van der Waals surface area contributed by atoms with Crippen LogP contribution in [-0.4, -0.2) is 57.3 Å². The summed E-state index contributed by atoms with van der Waals surface area (Å²) in [4.78, 5) is 10.5. The largest absolute Gasteiger partial charge is 0.326 e. The zero-order valence-electron chi connectivity index (χ0n) is 6.79. The standard InChI is InChI=1S/C8H9NO.K/c1-7(10)9-8-5-3-2-4-6-8;/h2-6H,1H3,(H,9,10);. The van der Waals surface area contributed by atoms with E-state index in [-0.39, 0.29) is 57.3 Å². The fourth-order valence-corrected chi connectivity index (χ4v) is 0.725. The van der Waals surface area contributed by atoms with Crippen molar-refractivity contribution >= 4 is 63.0 Å². The van der Waals surface area contributed by atoms with Gasteiger partial charge < -0.3 is 5.32 Å². The molecule has 11 heavy (non-hydrogen) atoms. The van der Waals surface area contributed by atoms with E-state index in [4.69, 9.17) is 0 Å². The molecule has 53 valence electrons. The van der Waals surface area contributed by atoms with Gasteiger partial charge >= 0.3 is 0 Å². The molecule has 0 aliphatic rings. The van der Waals surface area contributed by atoms with E-state index in [0.717, 1.165) is 5.69 Å². The molecule has 1 N–H and O–H groups in total. The Morgan fingerprint density at radius 1 is 1.27 bits per heavy atom. The number of hydrogen-bond donors (Lipinski definition) is 1. The molecular formula is C8H9KNO. The zero-order chi connectivity index (χ0) is 7.40. The molecule has 1 aromatic rings. The summed E-state index contributed by atoms with van der Waals surface area (Å²) in [5.74, 6) is -0.0359. The predicted octanol–water partition coefficient (Wildman–Crippen LogP) is 1.26. The van der Waals surface area contributed by atoms with Crippen molar-refractivity contribution in [3.63, 3.8) is 0 Å². The number of para-hydroxylation sites is 1. The fourth-order valence-electron chi connectivity index (χ4n) is 0.725. The molecule has 0 saturated carbocycles. The Balaban J connectivity index is 0.000001000. The summed E-state index contributed by atoms with van der Waals surface area (Å²) in [6.07, 6.45) is 0. The quantitative estimate of drug-likeness (QED) is 0.638. The Morgan fingerprint density at radius 3 is 2.27 bits per heavy atom. The summed E-state index contributed by atoms with van der Waals surface area (Å²) in [6, 6.07) is 9.37. The van der Waals surface area contributed by atoms with E-state index < -0.39 is 0 Å². The average Bonchev–Trinajstić information content (AvgIpc) is 1.88. The average molecular weight is 174 g/mol. The van der Waals surface area contributed by atoms with Gasteiger partial charge in [0.1, 0.15) is 0 Å². The van der Waals surface area contributed by atoms with Crippen LogP contribution < -0.4 is 5.32 Å². The van der Waals surface area contributed by atoms with Gasteiger partial charge in [-0.3, -0.25) is 4.79 Å². The predicted molar refractivity (Wildman–Crippen MR) is 46.5 cm³/mol. The Labute approximate surface area is 109 Å². The molecule has 0 spiro atoms. The number of benzene rings is 1. The number of carbonyl (C=O) groups excluding carboxylic acids is 1. The van der Waals surface area contributed by atoms with Gasteiger partial charge in [0.05, 0.1) is 0 Å². The molecule has 0 saturated heterocycles. The summed E-state index contributed by atoms with van der Waals surface area (Å²) >= 11 is 0. The molecule has 0 aliphatic carbocycles. The molecule has 2 nitrogen and oxygen atoms in total. The van der Waals surface area contributed by atoms with E-state index in [1.54, 1.807) is 0 Å². The van der Waals surface area contributed by atoms with E-state index in [0.29, 0.717) is 0 Å². The van der Waals surface area contributed by atoms with E-state index >= 15 is 0 Å². The van der Waals surface area contributed by atoms with Crippen molar-refractivity contribution in [2.24, 2.45) is 0 Å². The molecule has 1 amide bonds. The van der Waals surface area contributed by atoms with Crippen LogP contribution in [0.3, 0.4) is 0 Å². The van der Waals surface area contributed by atoms with Crippen LogP contribution in [0.25, 0.3) is 0 Å². The first-order valence-corrected chi connectivity index (χ1v) is 3.11. The third-order valence-corrected chi connectivity index (χ3v) is 1.09. The first-order chi connectivity index (χ1) is 4.79. The van der Waals surface area contributed by atoms with Crippen LogP contribution in [0.2, 0.25) is 0 Å². The van der Waals surface area contributed by atoms with Gasteiger partial charge in [-0.05, 0) is 12.1 Å². The molecule has 0 aliphatic heterocycles. The summed E-state index contributed by atoms with van der Waals surface area (Å²) in [5, 5.41) is 2.67. The van der Waals surface area contributed by atoms with Gasteiger partial charge in [0, 0.05) is 64.0 Å². The molecular weight excluding hydrogens is 165 g/mol. The maximum absolute atomic E-state index is 10.5. The number of amides is 1. The fraction of sp³-hybridized carbons (Fsp3) is 0.125. The van der Waals surface area contributed by atoms with Crippen molar-refractivity contribution < 1.29 is 4.79 Å². The monoisotopic (exact) mass is 174 g/mol. The van der Waals surface area contributed by atoms with Crippen LogP contribution >= 0.6 is 0 Å². The molecule has 0 unspecified atom stereocenters. The summed E-state index contributed by atoms with van der Waals surface area (Å²) in [5.41, 5.74) is 0.843. The van der Waals surface area contributed by atoms with Gasteiger partial charge in [0.25, 0.3) is 0 Å². The number of rotatable bonds is 1. The second-order valence-electron chi connectivity index (χ2n) is 2.05. The minimum absolute atomic E-state index is 0. The molecule has 0 bridgehead atoms. The van der Waals surface area contributed by atoms with Gasteiger partial charge in [-0.15, -0.1) is 0 Å². The Kier molecular flexibility index (Phi) is 6.09. The molecule has 0 aromatic heterocycles. The molecule has 0 fully saturated rings. The van der Waals surface area contributed by atoms with Crippen LogP contribution in [0.15, 0.2) is 30.3 Å². The first-order valence-electron chi connectivity index (χ1n) is 3.11. The van der Waals surface area contributed by atoms with Crippen LogP contribution in [-0.2, 0) is 4.79 Å². The van der Waals surface area contributed by atoms with Gasteiger partial charge in [-0.1, -0.05) is 18.2 Å². The second kappa shape index (κ2) is 5.91. The summed E-state index contributed by atoms with van der Waals surface area (Å²) in [7, 11) is 0. The van der Waals surface area contributed by atoms with E-state index in [1.165, 1.54) is 6.92 Å². The van der Waals surface area contributed by atoms with Crippen molar-refractivity contribution in [2.45, 2.75) is 6.92 Å². The van der Waals surface area contributed by atoms with Gasteiger partial charge in [0.2, 0.25) is 5.91 Å². The maximum atomic E-state index is 10.5. The minimum atomic E-state index is -0.0359. The zero-order valence-corrected chi connectivity index (χ0v) is 9.92. The van der Waals surface area contributed by atoms with Crippen LogP contribution in [0.1, 0.15) is 6.92 Å².